The molecule has 0 aromatic rings. The molecule has 0 saturated carbocycles. The average molecular weight is 1270 g/mol. The molecule has 0 N–H and O–H groups in total. The topological polar surface area (TPSA) is 424 Å². The van der Waals surface area contributed by atoms with Crippen LogP contribution in [0, 0.1) is 0 Å². The minimum absolute atomic E-state index is 0.456. The van der Waals surface area contributed by atoms with Crippen molar-refractivity contribution in [3.63, 3.8) is 0 Å². The van der Waals surface area contributed by atoms with E-state index in [1.165, 1.54) is 0 Å². The molecule has 35 heteroatoms. The maximum absolute atomic E-state index is 13.3. The molecule has 0 aromatic heterocycles. The minimum atomic E-state index is -2.06. The highest BCUT2D eigenvalue weighted by atomic mass is 32.2. The van der Waals surface area contributed by atoms with Crippen LogP contribution in [0.4, 0.5) is 0 Å². The third kappa shape index (κ3) is 22.1. The van der Waals surface area contributed by atoms with Gasteiger partial charge in [0.25, 0.3) is 0 Å². The number of carbonyl (C=O) groups excluding carboxylic acids is 14. The van der Waals surface area contributed by atoms with Gasteiger partial charge in [0, 0.05) is 96.9 Å². The number of hydrogen-bond acceptors (Lipinski definition) is 35. The van der Waals surface area contributed by atoms with E-state index in [4.69, 9.17) is 94.7 Å². The maximum Gasteiger partial charge on any atom is 0.303 e. The summed E-state index contributed by atoms with van der Waals surface area (Å²) in [4.78, 5) is 178. The molecule has 34 nitrogen and oxygen atoms in total. The predicted octanol–water partition coefficient (Wildman–Crippen LogP) is -1.04. The van der Waals surface area contributed by atoms with Gasteiger partial charge in [0.05, 0.1) is 0 Å². The summed E-state index contributed by atoms with van der Waals surface area (Å²) in [5.41, 5.74) is -3.64. The molecule has 0 aromatic carbocycles. The van der Waals surface area contributed by atoms with Crippen LogP contribution in [0.1, 0.15) is 96.9 Å². The van der Waals surface area contributed by atoms with Crippen LogP contribution in [0.2, 0.25) is 0 Å². The van der Waals surface area contributed by atoms with E-state index in [1.54, 1.807) is 0 Å². The van der Waals surface area contributed by atoms with Crippen molar-refractivity contribution in [3.8, 4) is 0 Å². The molecular formula is C52H70O34S. The van der Waals surface area contributed by atoms with Gasteiger partial charge in [0.15, 0.2) is 73.6 Å². The van der Waals surface area contributed by atoms with Crippen LogP contribution in [0.15, 0.2) is 0 Å². The zero-order valence-corrected chi connectivity index (χ0v) is 50.5. The highest BCUT2D eigenvalue weighted by Gasteiger charge is 2.61. The van der Waals surface area contributed by atoms with E-state index in [-0.39, 0.29) is 0 Å². The minimum Gasteiger partial charge on any atom is -0.463 e. The number of hydrogen-bond donors (Lipinski definition) is 0. The summed E-state index contributed by atoms with van der Waals surface area (Å²) in [5, 5.41) is 0. The summed E-state index contributed by atoms with van der Waals surface area (Å²) in [7, 11) is 0. The van der Waals surface area contributed by atoms with Crippen LogP contribution in [0.3, 0.4) is 0 Å². The first-order valence-electron chi connectivity index (χ1n) is 26.5. The Balaban J connectivity index is 1.97. The fourth-order valence-electron chi connectivity index (χ4n) is 9.30. The molecule has 0 unspecified atom stereocenters. The lowest BCUT2D eigenvalue weighted by Gasteiger charge is -2.50. The molecule has 0 radical (unpaired) electrons. The van der Waals surface area contributed by atoms with Gasteiger partial charge >= 0.3 is 83.6 Å². The molecular weight excluding hydrogens is 1200 g/mol. The molecule has 488 valence electrons. The van der Waals surface area contributed by atoms with E-state index in [0.717, 1.165) is 96.9 Å². The Morgan fingerprint density at radius 1 is 0.241 bits per heavy atom. The number of esters is 14. The van der Waals surface area contributed by atoms with Crippen molar-refractivity contribution in [2.75, 3.05) is 26.4 Å². The fourth-order valence-corrected chi connectivity index (χ4v) is 10.7. The monoisotopic (exact) mass is 1270 g/mol. The van der Waals surface area contributed by atoms with Crippen LogP contribution in [-0.4, -0.2) is 231 Å². The quantitative estimate of drug-likeness (QED) is 0.0822. The molecule has 0 spiro atoms. The standard InChI is InChI=1S/C52H70O34S/c1-19(53)67-15-33-37(71-23(5)57)41(73-25(7)59)45(77-29(11)63)49(81-33)85-39-35(17-69-21(3)55)83-51(47(79-31(13)65)43(39)75-27(9)61)87-52-48(80-32(14)66)44(76-28(10)62)40(36(84-52)18-70-22(4)56)86-50-46(78-30(12)64)42(74-26(8)60)38(72-24(6)58)34(82-50)16-68-20(2)54/h33-52H,15-18H2,1-14H3/t33-,34-,35-,36-,37+,38+,39-,40-,41+,42+,43+,44+,45-,46-,47-,48-,49+,50+,51+,52+/m1/s1. The van der Waals surface area contributed by atoms with Crippen molar-refractivity contribution < 1.29 is 162 Å². The Bertz CT molecular complexity index is 2370. The SMILES string of the molecule is CC(=O)OC[C@H]1O[C@@H](O[C@H]2[C@H](OC(C)=O)[C@@H](OC(C)=O)[C@H](S[C@@H]3O[C@H](COC(C)=O)[C@@H](O[C@@H]4O[C@H](COC(C)=O)[C@H](OC(C)=O)[C@H](OC(C)=O)[C@H]4OC(C)=O)[C@H](OC(C)=O)[C@H]3OC(C)=O)O[C@@H]2COC(C)=O)[C@H](OC(C)=O)[C@@H](OC(C)=O)[C@H]1OC(C)=O. The van der Waals surface area contributed by atoms with E-state index in [2.05, 4.69) is 0 Å². The van der Waals surface area contributed by atoms with Crippen molar-refractivity contribution in [1.82, 2.24) is 0 Å². The number of ether oxygens (including phenoxy) is 20. The number of rotatable bonds is 24. The highest BCUT2D eigenvalue weighted by Crippen LogP contribution is 2.44. The Labute approximate surface area is 500 Å². The summed E-state index contributed by atoms with van der Waals surface area (Å²) < 4.78 is 116. The third-order valence-corrected chi connectivity index (χ3v) is 13.3. The summed E-state index contributed by atoms with van der Waals surface area (Å²) in [6.45, 7) is 10.3. The van der Waals surface area contributed by atoms with Gasteiger partial charge < -0.3 is 94.7 Å². The van der Waals surface area contributed by atoms with Gasteiger partial charge in [-0.1, -0.05) is 11.8 Å². The van der Waals surface area contributed by atoms with Gasteiger partial charge in [-0.3, -0.25) is 67.1 Å². The van der Waals surface area contributed by atoms with Gasteiger partial charge in [0.1, 0.15) is 73.9 Å². The number of carbonyl (C=O) groups is 14. The van der Waals surface area contributed by atoms with Gasteiger partial charge in [-0.25, -0.2) is 0 Å². The van der Waals surface area contributed by atoms with E-state index < -0.39 is 231 Å². The van der Waals surface area contributed by atoms with Crippen LogP contribution in [0.5, 0.6) is 0 Å². The summed E-state index contributed by atoms with van der Waals surface area (Å²) in [6.07, 6.45) is -33.4. The second-order valence-corrected chi connectivity index (χ2v) is 20.7. The third-order valence-electron chi connectivity index (χ3n) is 12.0. The lowest BCUT2D eigenvalue weighted by Crippen LogP contribution is -2.68. The van der Waals surface area contributed by atoms with Crippen LogP contribution >= 0.6 is 11.8 Å². The zero-order valence-electron chi connectivity index (χ0n) is 49.7. The van der Waals surface area contributed by atoms with E-state index in [9.17, 15) is 67.1 Å². The fraction of sp³-hybridized carbons (Fsp3) is 0.731. The maximum atomic E-state index is 13.3. The van der Waals surface area contributed by atoms with Gasteiger partial charge in [-0.2, -0.15) is 0 Å². The largest absolute Gasteiger partial charge is 0.463 e. The Kier molecular flexibility index (Phi) is 27.5. The molecule has 87 heavy (non-hydrogen) atoms. The first-order chi connectivity index (χ1) is 40.6. The smallest absolute Gasteiger partial charge is 0.303 e. The molecule has 4 aliphatic heterocycles. The molecule has 20 atom stereocenters. The van der Waals surface area contributed by atoms with Crippen molar-refractivity contribution in [1.29, 1.82) is 0 Å². The molecule has 0 aliphatic carbocycles. The predicted molar refractivity (Wildman–Crippen MR) is 274 cm³/mol. The Morgan fingerprint density at radius 2 is 0.437 bits per heavy atom. The van der Waals surface area contributed by atoms with Crippen LogP contribution in [-0.2, 0) is 162 Å². The molecule has 4 aliphatic rings. The highest BCUT2D eigenvalue weighted by molar-refractivity contribution is 8.00. The first kappa shape index (κ1) is 72.2. The molecule has 0 amide bonds. The van der Waals surface area contributed by atoms with E-state index >= 15 is 0 Å². The van der Waals surface area contributed by atoms with Gasteiger partial charge in [-0.15, -0.1) is 0 Å². The molecule has 4 rings (SSSR count). The summed E-state index contributed by atoms with van der Waals surface area (Å²) in [5.74, 6) is -14.1. The summed E-state index contributed by atoms with van der Waals surface area (Å²) in [6, 6.07) is 0. The van der Waals surface area contributed by atoms with E-state index in [1.807, 2.05) is 0 Å². The second-order valence-electron chi connectivity index (χ2n) is 19.5. The van der Waals surface area contributed by atoms with Crippen molar-refractivity contribution in [3.05, 3.63) is 0 Å². The van der Waals surface area contributed by atoms with E-state index in [0.29, 0.717) is 11.8 Å². The van der Waals surface area contributed by atoms with Gasteiger partial charge in [-0.05, 0) is 0 Å². The van der Waals surface area contributed by atoms with Crippen LogP contribution < -0.4 is 0 Å². The van der Waals surface area contributed by atoms with Crippen LogP contribution in [0.25, 0.3) is 0 Å². The first-order valence-corrected chi connectivity index (χ1v) is 27.4. The normalized spacial score (nSPS) is 31.9. The molecule has 4 saturated heterocycles. The lowest BCUT2D eigenvalue weighted by molar-refractivity contribution is -0.342. The van der Waals surface area contributed by atoms with Crippen molar-refractivity contribution in [2.45, 2.75) is 218 Å². The summed E-state index contributed by atoms with van der Waals surface area (Å²) >= 11 is 0.456. The lowest BCUT2D eigenvalue weighted by atomic mass is 9.96. The molecule has 4 heterocycles. The number of thioether (sulfide) groups is 1. The van der Waals surface area contributed by atoms with Crippen molar-refractivity contribution >= 4 is 95.3 Å². The van der Waals surface area contributed by atoms with Gasteiger partial charge in [0.2, 0.25) is 0 Å². The second kappa shape index (κ2) is 33.2. The molecule has 4 fully saturated rings. The Morgan fingerprint density at radius 3 is 0.667 bits per heavy atom. The Hall–Kier alpha value is -7.31. The average Bonchev–Trinajstić information content (AvgIpc) is 0.884. The van der Waals surface area contributed by atoms with Crippen molar-refractivity contribution in [2.24, 2.45) is 0 Å². The zero-order chi connectivity index (χ0) is 65.3. The molecule has 0 bridgehead atoms.